The second-order valence-corrected chi connectivity index (χ2v) is 7.90. The summed E-state index contributed by atoms with van der Waals surface area (Å²) < 4.78 is 13.8. The Morgan fingerprint density at radius 2 is 1.79 bits per heavy atom. The summed E-state index contributed by atoms with van der Waals surface area (Å²) in [6, 6.07) is 10.5. The molecule has 2 aromatic heterocycles. The second-order valence-electron chi connectivity index (χ2n) is 7.90. The van der Waals surface area contributed by atoms with E-state index in [1.807, 2.05) is 18.5 Å². The molecule has 0 spiro atoms. The van der Waals surface area contributed by atoms with Gasteiger partial charge in [0.15, 0.2) is 0 Å². The van der Waals surface area contributed by atoms with Gasteiger partial charge in [-0.3, -0.25) is 4.90 Å². The van der Waals surface area contributed by atoms with E-state index in [2.05, 4.69) is 48.9 Å². The van der Waals surface area contributed by atoms with Gasteiger partial charge in [-0.25, -0.2) is 4.98 Å². The molecule has 152 valence electrons. The molecule has 2 saturated heterocycles. The average Bonchev–Trinajstić information content (AvgIpc) is 3.45. The first-order valence-corrected chi connectivity index (χ1v) is 10.6. The number of nitrogens with zero attached hydrogens (tertiary/aromatic N) is 5. The third kappa shape index (κ3) is 3.97. The lowest BCUT2D eigenvalue weighted by Gasteiger charge is -2.33. The summed E-state index contributed by atoms with van der Waals surface area (Å²) in [7, 11) is 0. The smallest absolute Gasteiger partial charge is 0.233 e. The van der Waals surface area contributed by atoms with E-state index in [4.69, 9.17) is 9.15 Å². The molecule has 7 heteroatoms. The van der Waals surface area contributed by atoms with Crippen molar-refractivity contribution in [3.05, 3.63) is 60.3 Å². The quantitative estimate of drug-likeness (QED) is 0.655. The molecule has 2 fully saturated rings. The molecule has 0 aliphatic carbocycles. The molecule has 0 bridgehead atoms. The number of hydrogen-bond acceptors (Lipinski definition) is 6. The maximum Gasteiger partial charge on any atom is 0.233 e. The molecule has 0 N–H and O–H groups in total. The molecule has 4 heterocycles. The van der Waals surface area contributed by atoms with Crippen LogP contribution in [0.25, 0.3) is 5.69 Å². The summed E-state index contributed by atoms with van der Waals surface area (Å²) >= 11 is 0. The summed E-state index contributed by atoms with van der Waals surface area (Å²) in [5.74, 6) is 2.90. The minimum Gasteiger partial charge on any atom is -0.423 e. The van der Waals surface area contributed by atoms with Crippen molar-refractivity contribution in [2.24, 2.45) is 0 Å². The summed E-state index contributed by atoms with van der Waals surface area (Å²) in [6.07, 6.45) is 9.24. The largest absolute Gasteiger partial charge is 0.423 e. The lowest BCUT2D eigenvalue weighted by Crippen LogP contribution is -2.34. The van der Waals surface area contributed by atoms with Gasteiger partial charge in [0.05, 0.1) is 12.6 Å². The monoisotopic (exact) mass is 393 g/mol. The highest BCUT2D eigenvalue weighted by atomic mass is 16.5. The number of aromatic nitrogens is 4. The summed E-state index contributed by atoms with van der Waals surface area (Å²) in [5.41, 5.74) is 1.13. The third-order valence-corrected chi connectivity index (χ3v) is 6.02. The van der Waals surface area contributed by atoms with E-state index in [-0.39, 0.29) is 6.04 Å². The van der Waals surface area contributed by atoms with Crippen molar-refractivity contribution in [2.75, 3.05) is 19.8 Å². The molecule has 2 aliphatic heterocycles. The topological polar surface area (TPSA) is 69.2 Å². The Hall–Kier alpha value is -2.51. The van der Waals surface area contributed by atoms with Crippen molar-refractivity contribution >= 4 is 0 Å². The van der Waals surface area contributed by atoms with Crippen LogP contribution in [0, 0.1) is 0 Å². The maximum absolute atomic E-state index is 6.18. The lowest BCUT2D eigenvalue weighted by molar-refractivity contribution is 0.0766. The Kier molecular flexibility index (Phi) is 5.41. The van der Waals surface area contributed by atoms with Gasteiger partial charge in [0.1, 0.15) is 5.82 Å². The number of likely N-dealkylation sites (tertiary alicyclic amines) is 1. The fourth-order valence-corrected chi connectivity index (χ4v) is 4.41. The van der Waals surface area contributed by atoms with Crippen LogP contribution in [-0.2, 0) is 11.3 Å². The van der Waals surface area contributed by atoms with Crippen LogP contribution in [0.1, 0.15) is 61.7 Å². The van der Waals surface area contributed by atoms with Gasteiger partial charge in [0.25, 0.3) is 0 Å². The van der Waals surface area contributed by atoms with Crippen molar-refractivity contribution in [3.63, 3.8) is 0 Å². The van der Waals surface area contributed by atoms with Crippen LogP contribution in [0.5, 0.6) is 0 Å². The van der Waals surface area contributed by atoms with Crippen molar-refractivity contribution in [3.8, 4) is 5.69 Å². The van der Waals surface area contributed by atoms with E-state index < -0.39 is 0 Å². The van der Waals surface area contributed by atoms with Gasteiger partial charge in [-0.1, -0.05) is 24.6 Å². The van der Waals surface area contributed by atoms with Gasteiger partial charge >= 0.3 is 0 Å². The molecule has 2 aliphatic rings. The molecule has 5 rings (SSSR count). The lowest BCUT2D eigenvalue weighted by atomic mass is 10.0. The first-order valence-electron chi connectivity index (χ1n) is 10.6. The van der Waals surface area contributed by atoms with E-state index in [1.165, 1.54) is 12.8 Å². The molecule has 29 heavy (non-hydrogen) atoms. The Labute approximate surface area is 170 Å². The van der Waals surface area contributed by atoms with Gasteiger partial charge in [0.2, 0.25) is 11.8 Å². The highest BCUT2D eigenvalue weighted by Gasteiger charge is 2.31. The molecular formula is C22H27N5O2. The van der Waals surface area contributed by atoms with Crippen LogP contribution in [0.2, 0.25) is 0 Å². The SMILES string of the molecule is c1ccc(-n2ccnc2CN2CCCCC2c2nnc(C3CCOCC3)o2)cc1. The van der Waals surface area contributed by atoms with Crippen LogP contribution in [0.4, 0.5) is 0 Å². The highest BCUT2D eigenvalue weighted by molar-refractivity contribution is 5.32. The predicted molar refractivity (Wildman–Crippen MR) is 108 cm³/mol. The molecule has 3 aromatic rings. The number of ether oxygens (including phenoxy) is 1. The minimum atomic E-state index is 0.158. The molecule has 0 radical (unpaired) electrons. The molecule has 1 atom stereocenters. The number of piperidine rings is 1. The van der Waals surface area contributed by atoms with E-state index in [0.717, 1.165) is 68.9 Å². The molecular weight excluding hydrogens is 366 g/mol. The molecule has 0 saturated carbocycles. The van der Waals surface area contributed by atoms with Crippen LogP contribution in [0.15, 0.2) is 47.1 Å². The molecule has 1 aromatic carbocycles. The number of rotatable bonds is 5. The van der Waals surface area contributed by atoms with Gasteiger partial charge in [0, 0.05) is 37.2 Å². The van der Waals surface area contributed by atoms with Crippen molar-refractivity contribution < 1.29 is 9.15 Å². The zero-order chi connectivity index (χ0) is 19.5. The highest BCUT2D eigenvalue weighted by Crippen LogP contribution is 2.34. The van der Waals surface area contributed by atoms with Crippen molar-refractivity contribution in [2.45, 2.75) is 50.6 Å². The fraction of sp³-hybridized carbons (Fsp3) is 0.500. The number of hydrogen-bond donors (Lipinski definition) is 0. The molecule has 0 amide bonds. The minimum absolute atomic E-state index is 0.158. The average molecular weight is 393 g/mol. The summed E-state index contributed by atoms with van der Waals surface area (Å²) in [5, 5.41) is 8.84. The summed E-state index contributed by atoms with van der Waals surface area (Å²) in [6.45, 7) is 3.34. The third-order valence-electron chi connectivity index (χ3n) is 6.02. The van der Waals surface area contributed by atoms with Crippen LogP contribution < -0.4 is 0 Å². The van der Waals surface area contributed by atoms with Crippen LogP contribution in [0.3, 0.4) is 0 Å². The Balaban J connectivity index is 1.35. The summed E-state index contributed by atoms with van der Waals surface area (Å²) in [4.78, 5) is 7.07. The Morgan fingerprint density at radius 1 is 0.966 bits per heavy atom. The first kappa shape index (κ1) is 18.5. The number of para-hydroxylation sites is 1. The van der Waals surface area contributed by atoms with Gasteiger partial charge in [-0.15, -0.1) is 10.2 Å². The van der Waals surface area contributed by atoms with E-state index in [1.54, 1.807) is 0 Å². The second kappa shape index (κ2) is 8.47. The van der Waals surface area contributed by atoms with E-state index in [0.29, 0.717) is 5.92 Å². The van der Waals surface area contributed by atoms with Gasteiger partial charge in [-0.2, -0.15) is 0 Å². The van der Waals surface area contributed by atoms with Crippen molar-refractivity contribution in [1.82, 2.24) is 24.6 Å². The normalized spacial score (nSPS) is 21.4. The Bertz CT molecular complexity index is 916. The Morgan fingerprint density at radius 3 is 2.66 bits per heavy atom. The van der Waals surface area contributed by atoms with E-state index >= 15 is 0 Å². The zero-order valence-electron chi connectivity index (χ0n) is 16.6. The predicted octanol–water partition coefficient (Wildman–Crippen LogP) is 3.88. The first-order chi connectivity index (χ1) is 14.4. The molecule has 1 unspecified atom stereocenters. The molecule has 7 nitrogen and oxygen atoms in total. The standard InChI is InChI=1S/C22H27N5O2/c1-2-6-18(7-3-1)27-13-11-23-20(27)16-26-12-5-4-8-19(26)22-25-24-21(29-22)17-9-14-28-15-10-17/h1-3,6-7,11,13,17,19H,4-5,8-10,12,14-16H2. The van der Waals surface area contributed by atoms with Gasteiger partial charge in [-0.05, 0) is 44.4 Å². The van der Waals surface area contributed by atoms with Gasteiger partial charge < -0.3 is 13.7 Å². The van der Waals surface area contributed by atoms with E-state index in [9.17, 15) is 0 Å². The number of imidazole rings is 1. The van der Waals surface area contributed by atoms with Crippen LogP contribution >= 0.6 is 0 Å². The van der Waals surface area contributed by atoms with Crippen LogP contribution in [-0.4, -0.2) is 44.4 Å². The van der Waals surface area contributed by atoms with Crippen molar-refractivity contribution in [1.29, 1.82) is 0 Å². The maximum atomic E-state index is 6.18. The fourth-order valence-electron chi connectivity index (χ4n) is 4.41. The zero-order valence-corrected chi connectivity index (χ0v) is 16.6. The number of benzene rings is 1.